The number of nitrogens with zero attached hydrogens (tertiary/aromatic N) is 2. The topological polar surface area (TPSA) is 41.6 Å². The molecule has 1 aromatic rings. The summed E-state index contributed by atoms with van der Waals surface area (Å²) in [5.41, 5.74) is 5.27. The maximum absolute atomic E-state index is 4.19. The van der Waals surface area contributed by atoms with Crippen LogP contribution in [0.3, 0.4) is 0 Å². The molecule has 0 amide bonds. The summed E-state index contributed by atoms with van der Waals surface area (Å²) in [6, 6.07) is 1.80. The quantitative estimate of drug-likeness (QED) is 0.744. The fraction of sp³-hybridized carbons (Fsp3) is 0.200. The summed E-state index contributed by atoms with van der Waals surface area (Å²) in [6.07, 6.45) is 17.3. The molecule has 0 unspecified atom stereocenters. The van der Waals surface area contributed by atoms with Crippen molar-refractivity contribution in [2.75, 3.05) is 0 Å². The Morgan fingerprint density at radius 2 is 1.96 bits per heavy atom. The Balaban J connectivity index is 3.23. The molecule has 1 aromatic heterocycles. The first-order valence-corrected chi connectivity index (χ1v) is 7.62. The van der Waals surface area contributed by atoms with E-state index in [1.165, 1.54) is 5.57 Å². The van der Waals surface area contributed by atoms with Crippen molar-refractivity contribution in [1.29, 1.82) is 0 Å². The Morgan fingerprint density at radius 3 is 2.61 bits per heavy atom. The van der Waals surface area contributed by atoms with Crippen LogP contribution in [0.4, 0.5) is 0 Å². The van der Waals surface area contributed by atoms with Crippen molar-refractivity contribution in [2.45, 2.75) is 27.7 Å². The van der Waals surface area contributed by atoms with E-state index in [0.29, 0.717) is 0 Å². The largest absolute Gasteiger partial charge is 0.367 e. The van der Waals surface area contributed by atoms with Crippen LogP contribution in [0.1, 0.15) is 33.3 Å². The predicted octanol–water partition coefficient (Wildman–Crippen LogP) is 5.36. The van der Waals surface area contributed by atoms with Crippen molar-refractivity contribution >= 4 is 5.57 Å². The van der Waals surface area contributed by atoms with Gasteiger partial charge < -0.3 is 4.98 Å². The number of hydrogen-bond acceptors (Lipinski definition) is 2. The van der Waals surface area contributed by atoms with E-state index in [0.717, 1.165) is 22.3 Å². The summed E-state index contributed by atoms with van der Waals surface area (Å²) in [5, 5.41) is 8.00. The van der Waals surface area contributed by atoms with Gasteiger partial charge in [0.2, 0.25) is 0 Å². The zero-order valence-electron chi connectivity index (χ0n) is 14.4. The van der Waals surface area contributed by atoms with Crippen molar-refractivity contribution in [1.82, 2.24) is 15.2 Å². The van der Waals surface area contributed by atoms with Crippen LogP contribution in [0.15, 0.2) is 84.5 Å². The molecule has 3 heteroatoms. The average Bonchev–Trinajstić information content (AvgIpc) is 2.65. The zero-order chi connectivity index (χ0) is 17.1. The number of aromatic nitrogens is 3. The van der Waals surface area contributed by atoms with E-state index in [-0.39, 0.29) is 0 Å². The lowest BCUT2D eigenvalue weighted by molar-refractivity contribution is 1.04. The van der Waals surface area contributed by atoms with Crippen molar-refractivity contribution in [3.05, 3.63) is 90.1 Å². The van der Waals surface area contributed by atoms with Gasteiger partial charge in [0.15, 0.2) is 0 Å². The van der Waals surface area contributed by atoms with Crippen molar-refractivity contribution < 1.29 is 0 Å². The van der Waals surface area contributed by atoms with Crippen LogP contribution in [0, 0.1) is 0 Å². The molecule has 0 saturated heterocycles. The van der Waals surface area contributed by atoms with Crippen LogP contribution in [-0.2, 0) is 0 Å². The summed E-state index contributed by atoms with van der Waals surface area (Å²) in [7, 11) is 0. The fourth-order valence-electron chi connectivity index (χ4n) is 2.03. The highest BCUT2D eigenvalue weighted by Gasteiger charge is 2.08. The van der Waals surface area contributed by atoms with Gasteiger partial charge in [-0.05, 0) is 50.5 Å². The molecular weight excluding hydrogens is 282 g/mol. The van der Waals surface area contributed by atoms with Crippen LogP contribution < -0.4 is 0 Å². The minimum absolute atomic E-state index is 0.945. The van der Waals surface area contributed by atoms with Gasteiger partial charge in [0, 0.05) is 18.0 Å². The Hall–Kier alpha value is -2.68. The number of aromatic amines is 1. The smallest absolute Gasteiger partial charge is 0.0588 e. The molecule has 0 aliphatic rings. The summed E-state index contributed by atoms with van der Waals surface area (Å²) in [5.74, 6) is 0. The van der Waals surface area contributed by atoms with E-state index in [1.807, 2.05) is 38.4 Å². The third kappa shape index (κ3) is 6.30. The maximum atomic E-state index is 4.19. The summed E-state index contributed by atoms with van der Waals surface area (Å²) < 4.78 is 0. The number of allylic oxidation sites excluding steroid dienone is 9. The van der Waals surface area contributed by atoms with Gasteiger partial charge in [0.25, 0.3) is 0 Å². The fourth-order valence-corrected chi connectivity index (χ4v) is 2.03. The molecule has 0 spiro atoms. The molecule has 1 rings (SSSR count). The molecule has 1 N–H and O–H groups in total. The molecule has 0 saturated carbocycles. The van der Waals surface area contributed by atoms with E-state index in [2.05, 4.69) is 53.8 Å². The minimum Gasteiger partial charge on any atom is -0.367 e. The van der Waals surface area contributed by atoms with E-state index < -0.39 is 0 Å². The van der Waals surface area contributed by atoms with Crippen LogP contribution >= 0.6 is 0 Å². The lowest BCUT2D eigenvalue weighted by atomic mass is 9.94. The second-order valence-electron chi connectivity index (χ2n) is 5.17. The third-order valence-electron chi connectivity index (χ3n) is 3.10. The summed E-state index contributed by atoms with van der Waals surface area (Å²) in [6.45, 7) is 12.3. The Kier molecular flexibility index (Phi) is 8.08. The number of H-pyrrole nitrogens is 1. The van der Waals surface area contributed by atoms with Crippen molar-refractivity contribution in [3.63, 3.8) is 0 Å². The molecule has 0 aromatic carbocycles. The summed E-state index contributed by atoms with van der Waals surface area (Å²) >= 11 is 0. The van der Waals surface area contributed by atoms with Crippen LogP contribution in [0.5, 0.6) is 0 Å². The highest BCUT2D eigenvalue weighted by atomic mass is 15.1. The number of hydrogen-bond donors (Lipinski definition) is 1. The van der Waals surface area contributed by atoms with Gasteiger partial charge in [-0.1, -0.05) is 42.5 Å². The predicted molar refractivity (Wildman–Crippen MR) is 99.1 cm³/mol. The van der Waals surface area contributed by atoms with Gasteiger partial charge in [-0.15, -0.1) is 0 Å². The van der Waals surface area contributed by atoms with Gasteiger partial charge in [-0.2, -0.15) is 10.2 Å². The Morgan fingerprint density at radius 1 is 1.17 bits per heavy atom. The Bertz CT molecular complexity index is 671. The lowest BCUT2D eigenvalue weighted by Gasteiger charge is -2.11. The molecule has 0 bridgehead atoms. The van der Waals surface area contributed by atoms with E-state index >= 15 is 0 Å². The van der Waals surface area contributed by atoms with E-state index in [4.69, 9.17) is 0 Å². The second-order valence-corrected chi connectivity index (χ2v) is 5.17. The first-order valence-electron chi connectivity index (χ1n) is 7.62. The van der Waals surface area contributed by atoms with Crippen LogP contribution in [0.2, 0.25) is 0 Å². The number of nitrogens with one attached hydrogen (secondary N) is 1. The Labute approximate surface area is 139 Å². The summed E-state index contributed by atoms with van der Waals surface area (Å²) in [4.78, 5) is 3.12. The standard InChI is InChI=1S/C20H25N3/c1-6-19(17(5)11-8-10-16(3)4)20(7-2)18-14-21-12-9-13-22-23-15-18/h6-15,21H,5H2,1-4H3/b11-8-,12-9?,18-14?,19-6-,20-7-,22-13?,23-15?. The van der Waals surface area contributed by atoms with Crippen LogP contribution in [-0.4, -0.2) is 15.2 Å². The molecule has 0 aliphatic heterocycles. The zero-order valence-corrected chi connectivity index (χ0v) is 14.4. The molecule has 120 valence electrons. The second kappa shape index (κ2) is 10.1. The molecule has 0 atom stereocenters. The first-order chi connectivity index (χ1) is 11.1. The van der Waals surface area contributed by atoms with Crippen LogP contribution in [0.25, 0.3) is 5.57 Å². The highest BCUT2D eigenvalue weighted by Crippen LogP contribution is 2.27. The normalized spacial score (nSPS) is 12.0. The SMILES string of the molecule is C=C(/C=C\C=C(C)C)C(=C/C)/C(=C\C)c1cnnccc[nH]c1. The van der Waals surface area contributed by atoms with Gasteiger partial charge in [-0.25, -0.2) is 0 Å². The molecule has 0 fully saturated rings. The highest BCUT2D eigenvalue weighted by molar-refractivity contribution is 5.83. The van der Waals surface area contributed by atoms with Gasteiger partial charge in [0.05, 0.1) is 12.4 Å². The third-order valence-corrected chi connectivity index (χ3v) is 3.10. The molecule has 23 heavy (non-hydrogen) atoms. The molecule has 0 radical (unpaired) electrons. The minimum atomic E-state index is 0.945. The maximum Gasteiger partial charge on any atom is 0.0588 e. The first kappa shape index (κ1) is 18.4. The van der Waals surface area contributed by atoms with E-state index in [9.17, 15) is 0 Å². The van der Waals surface area contributed by atoms with Gasteiger partial charge in [0.1, 0.15) is 0 Å². The monoisotopic (exact) mass is 307 g/mol. The van der Waals surface area contributed by atoms with Gasteiger partial charge in [-0.3, -0.25) is 0 Å². The van der Waals surface area contributed by atoms with E-state index in [1.54, 1.807) is 18.5 Å². The number of rotatable bonds is 5. The molecular formula is C20H25N3. The molecule has 1 heterocycles. The molecule has 0 aliphatic carbocycles. The van der Waals surface area contributed by atoms with Gasteiger partial charge >= 0.3 is 0 Å². The van der Waals surface area contributed by atoms with Crippen molar-refractivity contribution in [3.8, 4) is 0 Å². The lowest BCUT2D eigenvalue weighted by Crippen LogP contribution is -1.92. The molecule has 3 nitrogen and oxygen atoms in total. The van der Waals surface area contributed by atoms with Crippen molar-refractivity contribution in [2.24, 2.45) is 0 Å². The average molecular weight is 307 g/mol.